The van der Waals surface area contributed by atoms with Crippen molar-refractivity contribution in [2.75, 3.05) is 26.4 Å². The maximum Gasteiger partial charge on any atom is 0.232 e. The number of H-pyrrole nitrogens is 1. The minimum atomic E-state index is -0.285. The van der Waals surface area contributed by atoms with Gasteiger partial charge in [-0.25, -0.2) is 9.37 Å². The summed E-state index contributed by atoms with van der Waals surface area (Å²) in [5.74, 6) is 0.0790. The van der Waals surface area contributed by atoms with Crippen molar-refractivity contribution < 1.29 is 19.0 Å². The maximum atomic E-state index is 13.4. The van der Waals surface area contributed by atoms with E-state index in [1.165, 1.54) is 16.8 Å². The molecule has 0 fully saturated rings. The lowest BCUT2D eigenvalue weighted by Crippen LogP contribution is -2.11. The summed E-state index contributed by atoms with van der Waals surface area (Å²) in [6, 6.07) is 19.6. The largest absolute Gasteiger partial charge is 0.493 e. The van der Waals surface area contributed by atoms with Gasteiger partial charge in [-0.2, -0.15) is 9.78 Å². The van der Waals surface area contributed by atoms with Crippen LogP contribution in [-0.4, -0.2) is 51.2 Å². The van der Waals surface area contributed by atoms with Crippen LogP contribution in [0.2, 0.25) is 5.02 Å². The number of hydrogen-bond donors (Lipinski definition) is 3. The molecule has 0 radical (unpaired) electrons. The molecule has 5 aromatic rings. The summed E-state index contributed by atoms with van der Waals surface area (Å²) in [6.45, 7) is 2.44. The van der Waals surface area contributed by atoms with E-state index in [0.29, 0.717) is 73.6 Å². The van der Waals surface area contributed by atoms with E-state index in [2.05, 4.69) is 9.97 Å². The molecule has 3 aromatic carbocycles. The van der Waals surface area contributed by atoms with Crippen molar-refractivity contribution in [3.63, 3.8) is 0 Å². The number of nitrogens with zero attached hydrogens (tertiary/aromatic N) is 3. The highest BCUT2D eigenvalue weighted by Crippen LogP contribution is 2.33. The molecule has 0 saturated heterocycles. The first-order chi connectivity index (χ1) is 19.0. The van der Waals surface area contributed by atoms with Crippen molar-refractivity contribution in [2.45, 2.75) is 19.4 Å². The standard InChI is InChI=1S/C29H29ClFN5O3/c30-22-8-12-25-26(17-22)34-29(33-25)36-28(37)24(11-5-19-3-9-23(31)10-4-19)27(35-36)21-6-1-20(2-7-21)18-39-16-15-38-14-13-32/h1-4,6-10,12,17,37H,5,11,13-16,18,32H2,(H,33,34). The van der Waals surface area contributed by atoms with E-state index in [4.69, 9.17) is 31.9 Å². The Kier molecular flexibility index (Phi) is 8.53. The van der Waals surface area contributed by atoms with Crippen molar-refractivity contribution in [3.05, 3.63) is 94.3 Å². The second-order valence-corrected chi connectivity index (χ2v) is 9.50. The third kappa shape index (κ3) is 6.46. The van der Waals surface area contributed by atoms with Crippen LogP contribution in [0, 0.1) is 5.82 Å². The second kappa shape index (κ2) is 12.4. The molecule has 0 aliphatic carbocycles. The first kappa shape index (κ1) is 26.8. The van der Waals surface area contributed by atoms with Crippen LogP contribution in [0.1, 0.15) is 16.7 Å². The van der Waals surface area contributed by atoms with Crippen molar-refractivity contribution in [3.8, 4) is 23.1 Å². The van der Waals surface area contributed by atoms with Gasteiger partial charge in [0.2, 0.25) is 11.8 Å². The van der Waals surface area contributed by atoms with Crippen molar-refractivity contribution in [1.82, 2.24) is 19.7 Å². The molecular weight excluding hydrogens is 521 g/mol. The predicted octanol–water partition coefficient (Wildman–Crippen LogP) is 5.19. The minimum Gasteiger partial charge on any atom is -0.493 e. The number of aromatic hydroxyl groups is 1. The summed E-state index contributed by atoms with van der Waals surface area (Å²) < 4.78 is 25.8. The molecule has 8 nitrogen and oxygen atoms in total. The Hall–Kier alpha value is -3.76. The van der Waals surface area contributed by atoms with Crippen LogP contribution in [0.25, 0.3) is 28.2 Å². The smallest absolute Gasteiger partial charge is 0.232 e. The molecular formula is C29H29ClFN5O3. The third-order valence-electron chi connectivity index (χ3n) is 6.30. The van der Waals surface area contributed by atoms with E-state index in [1.54, 1.807) is 24.3 Å². The number of benzene rings is 3. The normalized spacial score (nSPS) is 11.5. The van der Waals surface area contributed by atoms with Crippen molar-refractivity contribution in [2.24, 2.45) is 5.73 Å². The van der Waals surface area contributed by atoms with Gasteiger partial charge in [-0.05, 0) is 54.3 Å². The first-order valence-corrected chi connectivity index (χ1v) is 13.1. The summed E-state index contributed by atoms with van der Waals surface area (Å²) in [5, 5.41) is 16.6. The van der Waals surface area contributed by atoms with Gasteiger partial charge in [0.05, 0.1) is 37.5 Å². The lowest BCUT2D eigenvalue weighted by atomic mass is 10.0. The molecule has 2 heterocycles. The van der Waals surface area contributed by atoms with Crippen LogP contribution in [0.3, 0.4) is 0 Å². The van der Waals surface area contributed by atoms with Crippen LogP contribution < -0.4 is 5.73 Å². The maximum absolute atomic E-state index is 13.4. The second-order valence-electron chi connectivity index (χ2n) is 9.06. The Morgan fingerprint density at radius 2 is 1.67 bits per heavy atom. The quantitative estimate of drug-likeness (QED) is 0.185. The van der Waals surface area contributed by atoms with E-state index in [-0.39, 0.29) is 11.7 Å². The van der Waals surface area contributed by atoms with Crippen LogP contribution >= 0.6 is 11.6 Å². The van der Waals surface area contributed by atoms with Gasteiger partial charge in [-0.1, -0.05) is 48.0 Å². The Labute approximate surface area is 230 Å². The van der Waals surface area contributed by atoms with E-state index < -0.39 is 0 Å². The number of aromatic amines is 1. The fraction of sp³-hybridized carbons (Fsp3) is 0.241. The Morgan fingerprint density at radius 3 is 2.44 bits per heavy atom. The lowest BCUT2D eigenvalue weighted by Gasteiger charge is -2.07. The van der Waals surface area contributed by atoms with E-state index >= 15 is 0 Å². The highest BCUT2D eigenvalue weighted by Gasteiger charge is 2.21. The highest BCUT2D eigenvalue weighted by atomic mass is 35.5. The molecule has 39 heavy (non-hydrogen) atoms. The lowest BCUT2D eigenvalue weighted by molar-refractivity contribution is 0.0433. The van der Waals surface area contributed by atoms with E-state index in [0.717, 1.165) is 22.2 Å². The molecule has 0 aliphatic rings. The number of nitrogens with two attached hydrogens (primary N) is 1. The zero-order valence-electron chi connectivity index (χ0n) is 21.2. The molecule has 5 rings (SSSR count). The number of aryl methyl sites for hydroxylation is 1. The monoisotopic (exact) mass is 549 g/mol. The molecule has 0 spiro atoms. The molecule has 0 amide bonds. The number of aromatic nitrogens is 4. The fourth-order valence-electron chi connectivity index (χ4n) is 4.29. The average Bonchev–Trinajstić information content (AvgIpc) is 3.51. The number of fused-ring (bicyclic) bond motifs is 1. The number of nitrogens with one attached hydrogen (secondary N) is 1. The van der Waals surface area contributed by atoms with Crippen molar-refractivity contribution >= 4 is 22.6 Å². The summed E-state index contributed by atoms with van der Waals surface area (Å²) in [7, 11) is 0. The van der Waals surface area contributed by atoms with Gasteiger partial charge >= 0.3 is 0 Å². The van der Waals surface area contributed by atoms with Gasteiger partial charge in [0.25, 0.3) is 0 Å². The molecule has 0 saturated carbocycles. The van der Waals surface area contributed by atoms with Gasteiger partial charge in [0.15, 0.2) is 0 Å². The fourth-order valence-corrected chi connectivity index (χ4v) is 4.46. The molecule has 0 bridgehead atoms. The van der Waals surface area contributed by atoms with Gasteiger partial charge in [0, 0.05) is 22.7 Å². The Balaban J connectivity index is 1.41. The summed E-state index contributed by atoms with van der Waals surface area (Å²) in [6.07, 6.45) is 1.09. The zero-order valence-corrected chi connectivity index (χ0v) is 22.0. The molecule has 10 heteroatoms. The summed E-state index contributed by atoms with van der Waals surface area (Å²) in [5.41, 5.74) is 11.0. The average molecular weight is 550 g/mol. The van der Waals surface area contributed by atoms with Gasteiger partial charge in [0.1, 0.15) is 11.5 Å². The van der Waals surface area contributed by atoms with Crippen LogP contribution in [0.15, 0.2) is 66.7 Å². The molecule has 0 atom stereocenters. The topological polar surface area (TPSA) is 111 Å². The summed E-state index contributed by atoms with van der Waals surface area (Å²) >= 11 is 6.13. The zero-order chi connectivity index (χ0) is 27.2. The minimum absolute atomic E-state index is 0.0119. The van der Waals surface area contributed by atoms with Gasteiger partial charge in [-0.15, -0.1) is 0 Å². The molecule has 0 aliphatic heterocycles. The third-order valence-corrected chi connectivity index (χ3v) is 6.53. The van der Waals surface area contributed by atoms with Gasteiger partial charge in [-0.3, -0.25) is 0 Å². The molecule has 4 N–H and O–H groups in total. The first-order valence-electron chi connectivity index (χ1n) is 12.7. The van der Waals surface area contributed by atoms with E-state index in [1.807, 2.05) is 30.3 Å². The van der Waals surface area contributed by atoms with Gasteiger partial charge < -0.3 is 25.3 Å². The Bertz CT molecular complexity index is 1530. The number of hydrogen-bond acceptors (Lipinski definition) is 6. The predicted molar refractivity (Wildman–Crippen MR) is 149 cm³/mol. The molecule has 2 aromatic heterocycles. The van der Waals surface area contributed by atoms with Crippen LogP contribution in [0.5, 0.6) is 5.88 Å². The molecule has 0 unspecified atom stereocenters. The Morgan fingerprint density at radius 1 is 0.923 bits per heavy atom. The number of imidazole rings is 1. The number of ether oxygens (including phenoxy) is 2. The SMILES string of the molecule is NCCOCCOCc1ccc(-c2nn(-c3nc4cc(Cl)ccc4[nH]3)c(O)c2CCc2ccc(F)cc2)cc1. The highest BCUT2D eigenvalue weighted by molar-refractivity contribution is 6.31. The van der Waals surface area contributed by atoms with Crippen LogP contribution in [0.4, 0.5) is 4.39 Å². The summed E-state index contributed by atoms with van der Waals surface area (Å²) in [4.78, 5) is 7.78. The number of rotatable bonds is 12. The van der Waals surface area contributed by atoms with Crippen molar-refractivity contribution in [1.29, 1.82) is 0 Å². The van der Waals surface area contributed by atoms with E-state index in [9.17, 15) is 9.50 Å². The number of halogens is 2. The molecule has 202 valence electrons. The van der Waals surface area contributed by atoms with Crippen LogP contribution in [-0.2, 0) is 28.9 Å².